The first-order valence-electron chi connectivity index (χ1n) is 9.98. The third kappa shape index (κ3) is 7.17. The number of ether oxygens (including phenoxy) is 1. The summed E-state index contributed by atoms with van der Waals surface area (Å²) in [6.45, 7) is 2.20. The molecular weight excluding hydrogens is 376 g/mol. The Balaban J connectivity index is 1.98. The molecule has 0 atom stereocenters. The van der Waals surface area contributed by atoms with Gasteiger partial charge in [-0.1, -0.05) is 70.1 Å². The molecule has 0 heterocycles. The van der Waals surface area contributed by atoms with Gasteiger partial charge in [-0.05, 0) is 36.6 Å². The fourth-order valence-corrected chi connectivity index (χ4v) is 3.93. The summed E-state index contributed by atoms with van der Waals surface area (Å²) in [4.78, 5) is -0.136. The number of phenols is 1. The monoisotopic (exact) mass is 406 g/mol. The van der Waals surface area contributed by atoms with Gasteiger partial charge < -0.3 is 9.84 Å². The van der Waals surface area contributed by atoms with Gasteiger partial charge in [0.2, 0.25) is 0 Å². The number of aryl methyl sites for hydroxylation is 1. The molecule has 0 unspecified atom stereocenters. The Morgan fingerprint density at radius 1 is 0.893 bits per heavy atom. The van der Waals surface area contributed by atoms with E-state index in [-0.39, 0.29) is 22.1 Å². The Morgan fingerprint density at radius 2 is 1.54 bits per heavy atom. The molecule has 0 fully saturated rings. The van der Waals surface area contributed by atoms with Crippen LogP contribution in [0.25, 0.3) is 0 Å². The third-order valence-corrected chi connectivity index (χ3v) is 5.65. The molecule has 0 saturated heterocycles. The van der Waals surface area contributed by atoms with Crippen molar-refractivity contribution in [3.05, 3.63) is 48.0 Å². The molecule has 5 nitrogen and oxygen atoms in total. The Hall–Kier alpha value is -2.05. The summed E-state index contributed by atoms with van der Waals surface area (Å²) >= 11 is 0. The number of hydrogen-bond donors (Lipinski definition) is 2. The van der Waals surface area contributed by atoms with Crippen molar-refractivity contribution in [3.8, 4) is 17.2 Å². The van der Waals surface area contributed by atoms with Crippen molar-refractivity contribution in [1.82, 2.24) is 0 Å². The minimum absolute atomic E-state index is 0.0427. The first kappa shape index (κ1) is 22.2. The van der Waals surface area contributed by atoms with Gasteiger partial charge in [0, 0.05) is 6.07 Å². The third-order valence-electron chi connectivity index (χ3n) is 4.71. The van der Waals surface area contributed by atoms with Crippen molar-refractivity contribution < 1.29 is 22.8 Å². The molecule has 2 N–H and O–H groups in total. The Labute approximate surface area is 168 Å². The highest BCUT2D eigenvalue weighted by atomic mass is 32.2. The van der Waals surface area contributed by atoms with Crippen molar-refractivity contribution >= 4 is 10.1 Å². The second kappa shape index (κ2) is 11.1. The van der Waals surface area contributed by atoms with E-state index in [1.165, 1.54) is 44.2 Å². The lowest BCUT2D eigenvalue weighted by molar-refractivity contribution is 0.410. The zero-order valence-electron chi connectivity index (χ0n) is 16.4. The summed E-state index contributed by atoms with van der Waals surface area (Å²) in [5, 5.41) is 9.80. The maximum atomic E-state index is 11.8. The van der Waals surface area contributed by atoms with Gasteiger partial charge in [0.25, 0.3) is 10.1 Å². The summed E-state index contributed by atoms with van der Waals surface area (Å²) in [6, 6.07) is 11.1. The summed E-state index contributed by atoms with van der Waals surface area (Å²) in [7, 11) is -4.36. The fraction of sp³-hybridized carbons (Fsp3) is 0.455. The van der Waals surface area contributed by atoms with Crippen LogP contribution in [0.5, 0.6) is 17.2 Å². The van der Waals surface area contributed by atoms with Crippen LogP contribution in [-0.2, 0) is 16.5 Å². The van der Waals surface area contributed by atoms with Crippen molar-refractivity contribution in [2.45, 2.75) is 69.6 Å². The number of para-hydroxylation sites is 2. The fourth-order valence-electron chi connectivity index (χ4n) is 3.16. The molecule has 0 aromatic heterocycles. The summed E-state index contributed by atoms with van der Waals surface area (Å²) < 4.78 is 38.8. The highest BCUT2D eigenvalue weighted by molar-refractivity contribution is 7.85. The average molecular weight is 407 g/mol. The van der Waals surface area contributed by atoms with E-state index in [2.05, 4.69) is 6.92 Å². The smallest absolute Gasteiger partial charge is 0.294 e. The highest BCUT2D eigenvalue weighted by Crippen LogP contribution is 2.32. The minimum atomic E-state index is -4.36. The van der Waals surface area contributed by atoms with Crippen LogP contribution in [0.1, 0.15) is 63.9 Å². The Morgan fingerprint density at radius 3 is 2.18 bits per heavy atom. The normalized spacial score (nSPS) is 11.5. The van der Waals surface area contributed by atoms with E-state index in [4.69, 9.17) is 4.74 Å². The molecule has 0 spiro atoms. The standard InChI is InChI=1S/C22H30O5S/c1-2-3-4-5-6-7-8-9-12-18-15-16-19(17-22(18)28(24,25)26)27-21-14-11-10-13-20(21)23/h10-11,13-17,23H,2-9,12H2,1H3,(H,24,25,26). The van der Waals surface area contributed by atoms with Gasteiger partial charge in [0.1, 0.15) is 10.6 Å². The van der Waals surface area contributed by atoms with E-state index < -0.39 is 10.1 Å². The quantitative estimate of drug-likeness (QED) is 0.328. The van der Waals surface area contributed by atoms with Crippen LogP contribution in [0, 0.1) is 0 Å². The van der Waals surface area contributed by atoms with Gasteiger partial charge in [-0.3, -0.25) is 4.55 Å². The van der Waals surface area contributed by atoms with E-state index in [9.17, 15) is 18.1 Å². The molecule has 2 rings (SSSR count). The van der Waals surface area contributed by atoms with E-state index in [1.54, 1.807) is 30.3 Å². The van der Waals surface area contributed by atoms with Gasteiger partial charge in [0.15, 0.2) is 11.5 Å². The average Bonchev–Trinajstić information content (AvgIpc) is 2.66. The number of rotatable bonds is 12. The van der Waals surface area contributed by atoms with Crippen LogP contribution in [0.15, 0.2) is 47.4 Å². The topological polar surface area (TPSA) is 83.8 Å². The van der Waals surface area contributed by atoms with Crippen LogP contribution >= 0.6 is 0 Å². The molecule has 0 aliphatic heterocycles. The molecule has 0 saturated carbocycles. The molecule has 0 aliphatic rings. The summed E-state index contributed by atoms with van der Waals surface area (Å²) in [5.74, 6) is 0.423. The van der Waals surface area contributed by atoms with E-state index in [1.807, 2.05) is 0 Å². The lowest BCUT2D eigenvalue weighted by Gasteiger charge is -2.12. The lowest BCUT2D eigenvalue weighted by atomic mass is 10.0. The second-order valence-corrected chi connectivity index (χ2v) is 8.43. The van der Waals surface area contributed by atoms with Gasteiger partial charge in [0.05, 0.1) is 0 Å². The maximum Gasteiger partial charge on any atom is 0.294 e. The van der Waals surface area contributed by atoms with Crippen molar-refractivity contribution in [3.63, 3.8) is 0 Å². The number of unbranched alkanes of at least 4 members (excludes halogenated alkanes) is 7. The minimum Gasteiger partial charge on any atom is -0.504 e. The van der Waals surface area contributed by atoms with E-state index >= 15 is 0 Å². The van der Waals surface area contributed by atoms with Crippen LogP contribution in [0.2, 0.25) is 0 Å². The summed E-state index contributed by atoms with van der Waals surface area (Å²) in [6.07, 6.45) is 9.89. The maximum absolute atomic E-state index is 11.8. The highest BCUT2D eigenvalue weighted by Gasteiger charge is 2.17. The largest absolute Gasteiger partial charge is 0.504 e. The molecule has 2 aromatic rings. The molecule has 0 aliphatic carbocycles. The van der Waals surface area contributed by atoms with Gasteiger partial charge in [-0.2, -0.15) is 8.42 Å². The van der Waals surface area contributed by atoms with E-state index in [0.717, 1.165) is 19.3 Å². The number of phenolic OH excluding ortho intramolecular Hbond substituents is 1. The molecule has 6 heteroatoms. The molecule has 154 valence electrons. The number of aromatic hydroxyl groups is 1. The van der Waals surface area contributed by atoms with E-state index in [0.29, 0.717) is 12.0 Å². The Kier molecular flexibility index (Phi) is 8.80. The molecular formula is C22H30O5S. The second-order valence-electron chi connectivity index (χ2n) is 7.04. The Bertz CT molecular complexity index is 846. The first-order valence-corrected chi connectivity index (χ1v) is 11.4. The summed E-state index contributed by atoms with van der Waals surface area (Å²) in [5.41, 5.74) is 0.582. The number of hydrogen-bond acceptors (Lipinski definition) is 4. The predicted octanol–water partition coefficient (Wildman–Crippen LogP) is 6.11. The van der Waals surface area contributed by atoms with Crippen LogP contribution < -0.4 is 4.74 Å². The zero-order chi connectivity index (χ0) is 20.4. The van der Waals surface area contributed by atoms with Crippen molar-refractivity contribution in [2.75, 3.05) is 0 Å². The lowest BCUT2D eigenvalue weighted by Crippen LogP contribution is -2.04. The molecule has 28 heavy (non-hydrogen) atoms. The molecule has 0 amide bonds. The molecule has 0 bridgehead atoms. The van der Waals surface area contributed by atoms with Gasteiger partial charge >= 0.3 is 0 Å². The van der Waals surface area contributed by atoms with Crippen LogP contribution in [0.3, 0.4) is 0 Å². The van der Waals surface area contributed by atoms with Gasteiger partial charge in [-0.15, -0.1) is 0 Å². The van der Waals surface area contributed by atoms with Crippen molar-refractivity contribution in [2.24, 2.45) is 0 Å². The predicted molar refractivity (Wildman–Crippen MR) is 111 cm³/mol. The first-order chi connectivity index (χ1) is 13.4. The van der Waals surface area contributed by atoms with Crippen molar-refractivity contribution in [1.29, 1.82) is 0 Å². The number of benzene rings is 2. The van der Waals surface area contributed by atoms with Crippen LogP contribution in [0.4, 0.5) is 0 Å². The zero-order valence-corrected chi connectivity index (χ0v) is 17.2. The van der Waals surface area contributed by atoms with Gasteiger partial charge in [-0.25, -0.2) is 0 Å². The van der Waals surface area contributed by atoms with Crippen LogP contribution in [-0.4, -0.2) is 18.1 Å². The SMILES string of the molecule is CCCCCCCCCCc1ccc(Oc2ccccc2O)cc1S(=O)(=O)O. The molecule has 2 aromatic carbocycles. The molecule has 0 radical (unpaired) electrons.